The molecule has 2 aliphatic rings. The molecule has 0 unspecified atom stereocenters. The largest absolute Gasteiger partial charge is 0.455 e. The van der Waals surface area contributed by atoms with Crippen LogP contribution in [0.2, 0.25) is 0 Å². The molecule has 12 rings (SSSR count). The second-order valence-electron chi connectivity index (χ2n) is 17.0. The summed E-state index contributed by atoms with van der Waals surface area (Å²) in [4.78, 5) is 2.50. The number of nitrogens with zero attached hydrogens (tertiary/aromatic N) is 1. The van der Waals surface area contributed by atoms with Crippen molar-refractivity contribution in [3.8, 4) is 22.3 Å². The summed E-state index contributed by atoms with van der Waals surface area (Å²) in [5.74, 6) is 0.539. The Morgan fingerprint density at radius 1 is 0.443 bits per heavy atom. The number of furan rings is 1. The van der Waals surface area contributed by atoms with Gasteiger partial charge in [-0.25, -0.2) is 0 Å². The molecule has 0 spiro atoms. The zero-order chi connectivity index (χ0) is 40.3. The Kier molecular flexibility index (Phi) is 8.52. The van der Waals surface area contributed by atoms with Gasteiger partial charge in [-0.3, -0.25) is 0 Å². The first-order valence-corrected chi connectivity index (χ1v) is 22.0. The minimum atomic E-state index is -0.519. The van der Waals surface area contributed by atoms with E-state index >= 15 is 0 Å². The SMILES string of the molecule is c1ccc(-c2ccc(N(c3ccc4c(c3)C(c3ccccc3)(c3ccccc3)c3ccccc3-4)c3cc4c(oc5cccc(C6CCCCC6)c54)c4ccccc34)cc2)cc1. The third-order valence-electron chi connectivity index (χ3n) is 13.7. The lowest BCUT2D eigenvalue weighted by molar-refractivity contribution is 0.445. The van der Waals surface area contributed by atoms with Crippen LogP contribution in [0.15, 0.2) is 211 Å². The summed E-state index contributed by atoms with van der Waals surface area (Å²) in [5, 5.41) is 4.74. The number of fused-ring (bicyclic) bond motifs is 8. The molecule has 0 aliphatic heterocycles. The zero-order valence-electron chi connectivity index (χ0n) is 34.1. The maximum atomic E-state index is 6.91. The number of hydrogen-bond donors (Lipinski definition) is 0. The van der Waals surface area contributed by atoms with Gasteiger partial charge in [0.05, 0.1) is 11.1 Å². The number of benzene rings is 9. The maximum Gasteiger partial charge on any atom is 0.143 e. The second kappa shape index (κ2) is 14.5. The third kappa shape index (κ3) is 5.62. The van der Waals surface area contributed by atoms with E-state index in [-0.39, 0.29) is 0 Å². The highest BCUT2D eigenvalue weighted by Gasteiger charge is 2.46. The predicted octanol–water partition coefficient (Wildman–Crippen LogP) is 16.3. The van der Waals surface area contributed by atoms with Gasteiger partial charge in [0.1, 0.15) is 11.2 Å². The Morgan fingerprint density at radius 2 is 1.05 bits per heavy atom. The summed E-state index contributed by atoms with van der Waals surface area (Å²) in [6.45, 7) is 0. The molecule has 0 amide bonds. The summed E-state index contributed by atoms with van der Waals surface area (Å²) in [6, 6.07) is 76.3. The van der Waals surface area contributed by atoms with Crippen molar-refractivity contribution in [3.63, 3.8) is 0 Å². The molecule has 1 saturated carbocycles. The molecule has 0 bridgehead atoms. The molecule has 0 atom stereocenters. The molecule has 0 N–H and O–H groups in total. The fraction of sp³-hybridized carbons (Fsp3) is 0.119. The summed E-state index contributed by atoms with van der Waals surface area (Å²) in [7, 11) is 0. The zero-order valence-corrected chi connectivity index (χ0v) is 34.1. The van der Waals surface area contributed by atoms with E-state index in [0.717, 1.165) is 39.0 Å². The quantitative estimate of drug-likeness (QED) is 0.160. The van der Waals surface area contributed by atoms with Crippen LogP contribution in [-0.4, -0.2) is 0 Å². The van der Waals surface area contributed by atoms with Gasteiger partial charge < -0.3 is 9.32 Å². The fourth-order valence-corrected chi connectivity index (χ4v) is 11.0. The van der Waals surface area contributed by atoms with Crippen molar-refractivity contribution in [1.29, 1.82) is 0 Å². The van der Waals surface area contributed by atoms with E-state index in [0.29, 0.717) is 5.92 Å². The van der Waals surface area contributed by atoms with Crippen molar-refractivity contribution in [3.05, 3.63) is 234 Å². The lowest BCUT2D eigenvalue weighted by Crippen LogP contribution is -2.28. The molecule has 9 aromatic carbocycles. The summed E-state index contributed by atoms with van der Waals surface area (Å²) < 4.78 is 6.91. The summed E-state index contributed by atoms with van der Waals surface area (Å²) >= 11 is 0. The lowest BCUT2D eigenvalue weighted by atomic mass is 9.67. The van der Waals surface area contributed by atoms with E-state index in [9.17, 15) is 0 Å². The lowest BCUT2D eigenvalue weighted by Gasteiger charge is -2.35. The highest BCUT2D eigenvalue weighted by molar-refractivity contribution is 6.20. The molecule has 2 heteroatoms. The van der Waals surface area contributed by atoms with Gasteiger partial charge in [0.15, 0.2) is 0 Å². The molecule has 0 saturated heterocycles. The van der Waals surface area contributed by atoms with Crippen LogP contribution in [0.4, 0.5) is 17.1 Å². The van der Waals surface area contributed by atoms with Gasteiger partial charge >= 0.3 is 0 Å². The fourth-order valence-electron chi connectivity index (χ4n) is 11.0. The Hall–Kier alpha value is -7.16. The second-order valence-corrected chi connectivity index (χ2v) is 17.0. The van der Waals surface area contributed by atoms with Gasteiger partial charge in [-0.15, -0.1) is 0 Å². The topological polar surface area (TPSA) is 16.4 Å². The first-order valence-electron chi connectivity index (χ1n) is 22.0. The molecular weight excluding hydrogens is 739 g/mol. The van der Waals surface area contributed by atoms with Gasteiger partial charge in [0.25, 0.3) is 0 Å². The molecular formula is C59H45NO. The van der Waals surface area contributed by atoms with E-state index in [2.05, 4.69) is 211 Å². The number of rotatable bonds is 7. The molecule has 2 nitrogen and oxygen atoms in total. The monoisotopic (exact) mass is 783 g/mol. The van der Waals surface area contributed by atoms with E-state index in [1.165, 1.54) is 92.9 Å². The molecule has 0 radical (unpaired) electrons. The molecule has 1 aromatic heterocycles. The summed E-state index contributed by atoms with van der Waals surface area (Å²) in [5.41, 5.74) is 16.3. The molecule has 10 aromatic rings. The van der Waals surface area contributed by atoms with Crippen molar-refractivity contribution in [2.24, 2.45) is 0 Å². The Morgan fingerprint density at radius 3 is 1.79 bits per heavy atom. The summed E-state index contributed by atoms with van der Waals surface area (Å²) in [6.07, 6.45) is 6.36. The molecule has 1 heterocycles. The van der Waals surface area contributed by atoms with Crippen molar-refractivity contribution in [2.75, 3.05) is 4.90 Å². The number of anilines is 3. The van der Waals surface area contributed by atoms with Crippen LogP contribution in [0, 0.1) is 0 Å². The van der Waals surface area contributed by atoms with Crippen LogP contribution in [0.1, 0.15) is 65.8 Å². The molecule has 1 fully saturated rings. The van der Waals surface area contributed by atoms with Gasteiger partial charge in [-0.2, -0.15) is 0 Å². The van der Waals surface area contributed by atoms with Crippen molar-refractivity contribution in [1.82, 2.24) is 0 Å². The Bertz CT molecular complexity index is 3170. The van der Waals surface area contributed by atoms with E-state index < -0.39 is 5.41 Å². The smallest absolute Gasteiger partial charge is 0.143 e. The first kappa shape index (κ1) is 35.8. The van der Waals surface area contributed by atoms with Crippen LogP contribution in [0.3, 0.4) is 0 Å². The van der Waals surface area contributed by atoms with Crippen molar-refractivity contribution < 1.29 is 4.42 Å². The van der Waals surface area contributed by atoms with Gasteiger partial charge in [0.2, 0.25) is 0 Å². The average molecular weight is 784 g/mol. The minimum Gasteiger partial charge on any atom is -0.455 e. The van der Waals surface area contributed by atoms with E-state index in [1.807, 2.05) is 0 Å². The van der Waals surface area contributed by atoms with Crippen molar-refractivity contribution in [2.45, 2.75) is 43.4 Å². The van der Waals surface area contributed by atoms with Crippen LogP contribution in [0.5, 0.6) is 0 Å². The van der Waals surface area contributed by atoms with Crippen LogP contribution in [0.25, 0.3) is 55.0 Å². The van der Waals surface area contributed by atoms with Crippen LogP contribution >= 0.6 is 0 Å². The highest BCUT2D eigenvalue weighted by atomic mass is 16.3. The molecule has 61 heavy (non-hydrogen) atoms. The average Bonchev–Trinajstić information content (AvgIpc) is 3.87. The van der Waals surface area contributed by atoms with Gasteiger partial charge in [0, 0.05) is 32.9 Å². The normalized spacial score (nSPS) is 14.6. The highest BCUT2D eigenvalue weighted by Crippen LogP contribution is 2.58. The molecule has 292 valence electrons. The maximum absolute atomic E-state index is 6.91. The van der Waals surface area contributed by atoms with E-state index in [1.54, 1.807) is 0 Å². The van der Waals surface area contributed by atoms with Gasteiger partial charge in [-0.1, -0.05) is 189 Å². The minimum absolute atomic E-state index is 0.519. The van der Waals surface area contributed by atoms with Gasteiger partial charge in [-0.05, 0) is 105 Å². The van der Waals surface area contributed by atoms with E-state index in [4.69, 9.17) is 4.42 Å². The predicted molar refractivity (Wildman–Crippen MR) is 254 cm³/mol. The third-order valence-corrected chi connectivity index (χ3v) is 13.7. The standard InChI is InChI=1S/C59H45NO/c1-5-18-40(19-6-1)41-32-34-45(35-33-41)60(55-39-52-57-47(42-20-7-2-8-21-42)29-17-31-56(57)61-58(52)51-28-14-13-27-50(51)55)46-36-37-49-48-26-15-16-30-53(48)59(54(49)38-46,43-22-9-3-10-23-43)44-24-11-4-12-25-44/h1,3-6,9-19,22-39,42H,2,7-8,20-21H2. The molecule has 2 aliphatic carbocycles. The van der Waals surface area contributed by atoms with Crippen LogP contribution < -0.4 is 4.90 Å². The Balaban J connectivity index is 1.15. The Labute approximate surface area is 357 Å². The van der Waals surface area contributed by atoms with Crippen molar-refractivity contribution >= 4 is 49.8 Å². The van der Waals surface area contributed by atoms with Crippen LogP contribution in [-0.2, 0) is 5.41 Å². The first-order chi connectivity index (χ1) is 30.3. The number of hydrogen-bond acceptors (Lipinski definition) is 2.